The molecule has 22 heavy (non-hydrogen) atoms. The highest BCUT2D eigenvalue weighted by atomic mass is 35.5. The summed E-state index contributed by atoms with van der Waals surface area (Å²) in [6, 6.07) is 15.1. The largest absolute Gasteiger partial charge is 0.223 e. The minimum atomic E-state index is -0.654. The maximum atomic E-state index is 6.51. The number of halogens is 2. The second kappa shape index (κ2) is 5.23. The van der Waals surface area contributed by atoms with Gasteiger partial charge in [0.15, 0.2) is 11.0 Å². The molecule has 0 N–H and O–H groups in total. The first-order chi connectivity index (χ1) is 10.8. The highest BCUT2D eigenvalue weighted by Crippen LogP contribution is 2.33. The van der Waals surface area contributed by atoms with Gasteiger partial charge in [0.2, 0.25) is 0 Å². The molecule has 0 amide bonds. The Morgan fingerprint density at radius 3 is 1.55 bits per heavy atom. The van der Waals surface area contributed by atoms with Gasteiger partial charge in [0, 0.05) is 0 Å². The predicted molar refractivity (Wildman–Crippen MR) is 84.8 cm³/mol. The number of alkyl halides is 2. The molecule has 2 aromatic carbocycles. The Hall–Kier alpha value is -2.18. The minimum Gasteiger partial charge on any atom is -0.223 e. The van der Waals surface area contributed by atoms with Crippen molar-refractivity contribution in [2.75, 3.05) is 0 Å². The molecule has 8 heteroatoms. The van der Waals surface area contributed by atoms with Crippen LogP contribution in [0.3, 0.4) is 0 Å². The number of rotatable bonds is 3. The van der Waals surface area contributed by atoms with E-state index >= 15 is 0 Å². The second-order valence-electron chi connectivity index (χ2n) is 4.79. The van der Waals surface area contributed by atoms with Crippen LogP contribution >= 0.6 is 23.2 Å². The molecule has 0 bridgehead atoms. The van der Waals surface area contributed by atoms with E-state index in [0.717, 1.165) is 22.1 Å². The normalized spacial score (nSPS) is 14.5. The first-order valence-corrected chi connectivity index (χ1v) is 7.51. The molecule has 0 aliphatic carbocycles. The average molecular weight is 333 g/mol. The molecule has 0 aliphatic heterocycles. The van der Waals surface area contributed by atoms with Crippen molar-refractivity contribution < 1.29 is 0 Å². The number of aromatic nitrogens is 6. The zero-order valence-corrected chi connectivity index (χ0v) is 12.7. The summed E-state index contributed by atoms with van der Waals surface area (Å²) in [6.45, 7) is 0. The van der Waals surface area contributed by atoms with Crippen molar-refractivity contribution in [3.63, 3.8) is 0 Å². The second-order valence-corrected chi connectivity index (χ2v) is 5.69. The highest BCUT2D eigenvalue weighted by molar-refractivity contribution is 6.27. The molecule has 110 valence electrons. The summed E-state index contributed by atoms with van der Waals surface area (Å²) in [5, 5.41) is 16.4. The number of benzene rings is 2. The van der Waals surface area contributed by atoms with E-state index in [0.29, 0.717) is 0 Å². The van der Waals surface area contributed by atoms with Gasteiger partial charge in [0.1, 0.15) is 11.0 Å². The van der Waals surface area contributed by atoms with Gasteiger partial charge in [-0.15, -0.1) is 10.2 Å². The average Bonchev–Trinajstić information content (AvgIpc) is 3.17. The third kappa shape index (κ3) is 2.03. The molecule has 0 fully saturated rings. The predicted octanol–water partition coefficient (Wildman–Crippen LogP) is 3.35. The summed E-state index contributed by atoms with van der Waals surface area (Å²) in [5.74, 6) is 0. The maximum absolute atomic E-state index is 6.51. The molecular weight excluding hydrogens is 323 g/mol. The molecule has 2 atom stereocenters. The fraction of sp³-hybridized carbons (Fsp3) is 0.143. The van der Waals surface area contributed by atoms with Crippen molar-refractivity contribution >= 4 is 45.3 Å². The molecule has 2 heterocycles. The molecule has 4 rings (SSSR count). The van der Waals surface area contributed by atoms with Crippen LogP contribution in [-0.4, -0.2) is 30.0 Å². The molecule has 0 radical (unpaired) electrons. The Morgan fingerprint density at radius 1 is 0.682 bits per heavy atom. The van der Waals surface area contributed by atoms with Crippen molar-refractivity contribution in [2.24, 2.45) is 0 Å². The fourth-order valence-corrected chi connectivity index (χ4v) is 2.87. The van der Waals surface area contributed by atoms with Crippen LogP contribution in [0.25, 0.3) is 22.1 Å². The van der Waals surface area contributed by atoms with E-state index in [-0.39, 0.29) is 0 Å². The van der Waals surface area contributed by atoms with Gasteiger partial charge in [0.25, 0.3) is 0 Å². The van der Waals surface area contributed by atoms with Crippen LogP contribution < -0.4 is 0 Å². The van der Waals surface area contributed by atoms with Gasteiger partial charge in [-0.2, -0.15) is 0 Å². The molecule has 2 unspecified atom stereocenters. The monoisotopic (exact) mass is 332 g/mol. The molecule has 6 nitrogen and oxygen atoms in total. The Labute approximate surface area is 135 Å². The van der Waals surface area contributed by atoms with Crippen LogP contribution in [0.5, 0.6) is 0 Å². The Kier molecular flexibility index (Phi) is 3.20. The number of nitrogens with zero attached hydrogens (tertiary/aromatic N) is 6. The minimum absolute atomic E-state index is 0.654. The van der Waals surface area contributed by atoms with Crippen LogP contribution in [0, 0.1) is 0 Å². The number of hydrogen-bond donors (Lipinski definition) is 0. The van der Waals surface area contributed by atoms with Crippen LogP contribution in [0.1, 0.15) is 11.0 Å². The third-order valence-corrected chi connectivity index (χ3v) is 4.43. The van der Waals surface area contributed by atoms with Crippen LogP contribution in [-0.2, 0) is 0 Å². The van der Waals surface area contributed by atoms with Gasteiger partial charge in [-0.25, -0.2) is 9.36 Å². The van der Waals surface area contributed by atoms with E-state index in [1.807, 2.05) is 48.5 Å². The van der Waals surface area contributed by atoms with Gasteiger partial charge in [-0.05, 0) is 24.3 Å². The summed E-state index contributed by atoms with van der Waals surface area (Å²) in [7, 11) is 0. The quantitative estimate of drug-likeness (QED) is 0.540. The van der Waals surface area contributed by atoms with Crippen molar-refractivity contribution in [3.05, 3.63) is 48.5 Å². The van der Waals surface area contributed by atoms with Gasteiger partial charge in [0.05, 0.1) is 11.0 Å². The van der Waals surface area contributed by atoms with Gasteiger partial charge in [-0.3, -0.25) is 0 Å². The number of para-hydroxylation sites is 2. The lowest BCUT2D eigenvalue weighted by atomic mass is 10.3. The van der Waals surface area contributed by atoms with E-state index < -0.39 is 11.0 Å². The summed E-state index contributed by atoms with van der Waals surface area (Å²) in [6.07, 6.45) is 0. The van der Waals surface area contributed by atoms with Crippen molar-refractivity contribution in [3.8, 4) is 0 Å². The van der Waals surface area contributed by atoms with E-state index in [1.165, 1.54) is 0 Å². The first kappa shape index (κ1) is 13.5. The van der Waals surface area contributed by atoms with Crippen molar-refractivity contribution in [1.29, 1.82) is 0 Å². The smallest absolute Gasteiger partial charge is 0.164 e. The zero-order valence-electron chi connectivity index (χ0n) is 11.2. The Morgan fingerprint density at radius 2 is 1.09 bits per heavy atom. The molecule has 0 saturated heterocycles. The van der Waals surface area contributed by atoms with E-state index in [1.54, 1.807) is 9.36 Å². The summed E-state index contributed by atoms with van der Waals surface area (Å²) in [4.78, 5) is 0. The van der Waals surface area contributed by atoms with Crippen molar-refractivity contribution in [1.82, 2.24) is 30.0 Å². The maximum Gasteiger partial charge on any atom is 0.164 e. The number of hydrogen-bond acceptors (Lipinski definition) is 4. The lowest BCUT2D eigenvalue weighted by Crippen LogP contribution is -2.17. The zero-order chi connectivity index (χ0) is 15.1. The Balaban J connectivity index is 1.77. The lowest BCUT2D eigenvalue weighted by Gasteiger charge is -2.17. The highest BCUT2D eigenvalue weighted by Gasteiger charge is 2.25. The summed E-state index contributed by atoms with van der Waals surface area (Å²) < 4.78 is 3.18. The fourth-order valence-electron chi connectivity index (χ4n) is 2.37. The third-order valence-electron chi connectivity index (χ3n) is 3.45. The van der Waals surface area contributed by atoms with Crippen LogP contribution in [0.15, 0.2) is 48.5 Å². The first-order valence-electron chi connectivity index (χ1n) is 6.64. The van der Waals surface area contributed by atoms with Crippen LogP contribution in [0.2, 0.25) is 0 Å². The summed E-state index contributed by atoms with van der Waals surface area (Å²) >= 11 is 13.0. The number of fused-ring (bicyclic) bond motifs is 2. The molecule has 4 aromatic rings. The van der Waals surface area contributed by atoms with E-state index in [9.17, 15) is 0 Å². The van der Waals surface area contributed by atoms with Gasteiger partial charge < -0.3 is 0 Å². The standard InChI is InChI=1S/C14H10Cl2N6/c15-13(21-11-7-3-1-5-9(11)17-19-21)14(16)22-12-8-4-2-6-10(12)18-20-22/h1-8,13-14H. The topological polar surface area (TPSA) is 61.4 Å². The van der Waals surface area contributed by atoms with E-state index in [4.69, 9.17) is 23.2 Å². The summed E-state index contributed by atoms with van der Waals surface area (Å²) in [5.41, 5.74) is 1.86. The molecule has 2 aromatic heterocycles. The van der Waals surface area contributed by atoms with E-state index in [2.05, 4.69) is 20.6 Å². The Bertz CT molecular complexity index is 868. The molecule has 0 saturated carbocycles. The molecule has 0 spiro atoms. The van der Waals surface area contributed by atoms with Crippen LogP contribution in [0.4, 0.5) is 0 Å². The van der Waals surface area contributed by atoms with Gasteiger partial charge >= 0.3 is 0 Å². The SMILES string of the molecule is ClC(C(Cl)n1nnc2ccccc21)n1nnc2ccccc21. The molecular formula is C14H10Cl2N6. The van der Waals surface area contributed by atoms with Crippen molar-refractivity contribution in [2.45, 2.75) is 11.0 Å². The molecule has 0 aliphatic rings. The lowest BCUT2D eigenvalue weighted by molar-refractivity contribution is 0.461. The van der Waals surface area contributed by atoms with Gasteiger partial charge in [-0.1, -0.05) is 57.9 Å².